The van der Waals surface area contributed by atoms with E-state index < -0.39 is 0 Å². The van der Waals surface area contributed by atoms with Gasteiger partial charge in [0.25, 0.3) is 5.91 Å². The second kappa shape index (κ2) is 10.2. The van der Waals surface area contributed by atoms with Crippen molar-refractivity contribution in [3.05, 3.63) is 42.0 Å². The van der Waals surface area contributed by atoms with E-state index in [0.29, 0.717) is 40.6 Å². The van der Waals surface area contributed by atoms with Gasteiger partial charge in [-0.15, -0.1) is 0 Å². The van der Waals surface area contributed by atoms with Gasteiger partial charge in [-0.1, -0.05) is 25.5 Å². The number of nitrogens with one attached hydrogen (secondary N) is 2. The van der Waals surface area contributed by atoms with Gasteiger partial charge in [-0.2, -0.15) is 0 Å². The van der Waals surface area contributed by atoms with Crippen LogP contribution in [-0.2, 0) is 4.79 Å². The third-order valence-electron chi connectivity index (χ3n) is 4.15. The molecule has 7 nitrogen and oxygen atoms in total. The first-order valence-corrected chi connectivity index (χ1v) is 9.04. The minimum atomic E-state index is -0.350. The van der Waals surface area contributed by atoms with E-state index in [1.54, 1.807) is 36.4 Å². The van der Waals surface area contributed by atoms with E-state index >= 15 is 0 Å². The van der Waals surface area contributed by atoms with Crippen LogP contribution in [0.2, 0.25) is 0 Å². The normalized spacial score (nSPS) is 10.1. The first-order chi connectivity index (χ1) is 13.5. The number of rotatable bonds is 9. The summed E-state index contributed by atoms with van der Waals surface area (Å²) in [6, 6.07) is 10.2. The molecule has 2 amide bonds. The van der Waals surface area contributed by atoms with Crippen molar-refractivity contribution >= 4 is 23.2 Å². The summed E-state index contributed by atoms with van der Waals surface area (Å²) in [5, 5.41) is 5.63. The van der Waals surface area contributed by atoms with Crippen LogP contribution in [0.1, 0.15) is 36.5 Å². The molecule has 28 heavy (non-hydrogen) atoms. The Morgan fingerprint density at radius 1 is 0.857 bits per heavy atom. The second-order valence-corrected chi connectivity index (χ2v) is 6.06. The van der Waals surface area contributed by atoms with Crippen molar-refractivity contribution in [2.45, 2.75) is 26.2 Å². The number of carbonyl (C=O) groups is 2. The molecule has 0 aromatic heterocycles. The molecule has 0 spiro atoms. The van der Waals surface area contributed by atoms with Crippen LogP contribution in [0.3, 0.4) is 0 Å². The Kier molecular flexibility index (Phi) is 7.68. The van der Waals surface area contributed by atoms with E-state index in [0.717, 1.165) is 12.8 Å². The van der Waals surface area contributed by atoms with Gasteiger partial charge in [-0.05, 0) is 18.6 Å². The maximum atomic E-state index is 12.7. The lowest BCUT2D eigenvalue weighted by Gasteiger charge is -2.16. The number of hydrogen-bond acceptors (Lipinski definition) is 5. The van der Waals surface area contributed by atoms with Crippen molar-refractivity contribution in [2.75, 3.05) is 32.0 Å². The molecule has 0 saturated carbocycles. The molecule has 0 aliphatic heterocycles. The van der Waals surface area contributed by atoms with E-state index in [-0.39, 0.29) is 11.8 Å². The lowest BCUT2D eigenvalue weighted by atomic mass is 10.1. The average Bonchev–Trinajstić information content (AvgIpc) is 2.72. The minimum absolute atomic E-state index is 0.104. The molecule has 7 heteroatoms. The third kappa shape index (κ3) is 5.16. The maximum absolute atomic E-state index is 12.7. The van der Waals surface area contributed by atoms with Gasteiger partial charge in [-0.3, -0.25) is 9.59 Å². The van der Waals surface area contributed by atoms with Crippen LogP contribution in [0.15, 0.2) is 36.4 Å². The zero-order valence-electron chi connectivity index (χ0n) is 16.6. The zero-order valence-corrected chi connectivity index (χ0v) is 16.6. The smallest absolute Gasteiger partial charge is 0.259 e. The van der Waals surface area contributed by atoms with Crippen LogP contribution in [0.4, 0.5) is 11.4 Å². The number of unbranched alkanes of at least 4 members (excludes halogenated alkanes) is 1. The van der Waals surface area contributed by atoms with Crippen LogP contribution in [0.5, 0.6) is 17.2 Å². The predicted molar refractivity (Wildman–Crippen MR) is 109 cm³/mol. The molecule has 0 fully saturated rings. The second-order valence-electron chi connectivity index (χ2n) is 6.06. The van der Waals surface area contributed by atoms with Gasteiger partial charge in [0.15, 0.2) is 0 Å². The highest BCUT2D eigenvalue weighted by Gasteiger charge is 2.17. The van der Waals surface area contributed by atoms with Crippen molar-refractivity contribution in [3.63, 3.8) is 0 Å². The number of para-hydroxylation sites is 1. The van der Waals surface area contributed by atoms with Gasteiger partial charge < -0.3 is 24.8 Å². The fraction of sp³-hybridized carbons (Fsp3) is 0.333. The summed E-state index contributed by atoms with van der Waals surface area (Å²) in [4.78, 5) is 24.8. The fourth-order valence-electron chi connectivity index (χ4n) is 2.66. The lowest BCUT2D eigenvalue weighted by Crippen LogP contribution is -2.15. The average molecular weight is 386 g/mol. The van der Waals surface area contributed by atoms with Gasteiger partial charge in [-0.25, -0.2) is 0 Å². The molecule has 0 bridgehead atoms. The highest BCUT2D eigenvalue weighted by Crippen LogP contribution is 2.37. The molecule has 0 aliphatic rings. The number of hydrogen-bond donors (Lipinski definition) is 2. The zero-order chi connectivity index (χ0) is 20.5. The SMILES string of the molecule is CCCCC(=O)Nc1cc(OC)c(NC(=O)c2ccccc2OC)cc1OC. The predicted octanol–water partition coefficient (Wildman–Crippen LogP) is 4.09. The van der Waals surface area contributed by atoms with Crippen LogP contribution in [0.25, 0.3) is 0 Å². The molecule has 2 aromatic carbocycles. The first kappa shape index (κ1) is 21.1. The molecule has 150 valence electrons. The Bertz CT molecular complexity index is 836. The number of carbonyl (C=O) groups excluding carboxylic acids is 2. The van der Waals surface area contributed by atoms with E-state index in [1.807, 2.05) is 6.92 Å². The summed E-state index contributed by atoms with van der Waals surface area (Å²) in [6.07, 6.45) is 2.16. The van der Waals surface area contributed by atoms with Crippen LogP contribution in [-0.4, -0.2) is 33.1 Å². The third-order valence-corrected chi connectivity index (χ3v) is 4.15. The molecule has 0 unspecified atom stereocenters. The Labute approximate surface area is 165 Å². The summed E-state index contributed by atoms with van der Waals surface area (Å²) in [7, 11) is 4.49. The summed E-state index contributed by atoms with van der Waals surface area (Å²) >= 11 is 0. The molecule has 0 aliphatic carbocycles. The number of anilines is 2. The maximum Gasteiger partial charge on any atom is 0.259 e. The number of ether oxygens (including phenoxy) is 3. The molecule has 0 saturated heterocycles. The largest absolute Gasteiger partial charge is 0.496 e. The fourth-order valence-corrected chi connectivity index (χ4v) is 2.66. The van der Waals surface area contributed by atoms with Gasteiger partial charge in [0.05, 0.1) is 38.3 Å². The molecule has 2 rings (SSSR count). The van der Waals surface area contributed by atoms with Crippen molar-refractivity contribution in [2.24, 2.45) is 0 Å². The number of methoxy groups -OCH3 is 3. The van der Waals surface area contributed by atoms with Gasteiger partial charge >= 0.3 is 0 Å². The lowest BCUT2D eigenvalue weighted by molar-refractivity contribution is -0.116. The number of benzene rings is 2. The summed E-state index contributed by atoms with van der Waals surface area (Å²) in [5.74, 6) is 0.826. The Morgan fingerprint density at radius 2 is 1.43 bits per heavy atom. The van der Waals surface area contributed by atoms with E-state index in [9.17, 15) is 9.59 Å². The monoisotopic (exact) mass is 386 g/mol. The molecular weight excluding hydrogens is 360 g/mol. The van der Waals surface area contributed by atoms with Crippen molar-refractivity contribution in [1.29, 1.82) is 0 Å². The number of amides is 2. The molecular formula is C21H26N2O5. The molecule has 0 radical (unpaired) electrons. The summed E-state index contributed by atoms with van der Waals surface area (Å²) in [6.45, 7) is 2.02. The van der Waals surface area contributed by atoms with Crippen molar-refractivity contribution in [3.8, 4) is 17.2 Å². The summed E-state index contributed by atoms with van der Waals surface area (Å²) < 4.78 is 16.0. The van der Waals surface area contributed by atoms with Crippen molar-refractivity contribution < 1.29 is 23.8 Å². The Morgan fingerprint density at radius 3 is 2.00 bits per heavy atom. The van der Waals surface area contributed by atoms with Crippen LogP contribution < -0.4 is 24.8 Å². The molecule has 0 heterocycles. The van der Waals surface area contributed by atoms with E-state index in [4.69, 9.17) is 14.2 Å². The molecule has 2 aromatic rings. The topological polar surface area (TPSA) is 85.9 Å². The Balaban J connectivity index is 2.29. The van der Waals surface area contributed by atoms with Gasteiger partial charge in [0.2, 0.25) is 5.91 Å². The summed E-state index contributed by atoms with van der Waals surface area (Å²) in [5.41, 5.74) is 1.29. The minimum Gasteiger partial charge on any atom is -0.496 e. The molecule has 0 atom stereocenters. The van der Waals surface area contributed by atoms with Gasteiger partial charge in [0.1, 0.15) is 17.2 Å². The Hall–Kier alpha value is -3.22. The molecule has 2 N–H and O–H groups in total. The highest BCUT2D eigenvalue weighted by atomic mass is 16.5. The standard InChI is InChI=1S/C21H26N2O5/c1-5-6-11-20(24)22-15-12-19(28-4)16(13-18(15)27-3)23-21(25)14-9-7-8-10-17(14)26-2/h7-10,12-13H,5-6,11H2,1-4H3,(H,22,24)(H,23,25). The van der Waals surface area contributed by atoms with E-state index in [1.165, 1.54) is 21.3 Å². The highest BCUT2D eigenvalue weighted by molar-refractivity contribution is 6.07. The van der Waals surface area contributed by atoms with Gasteiger partial charge in [0, 0.05) is 18.6 Å². The van der Waals surface area contributed by atoms with Crippen molar-refractivity contribution in [1.82, 2.24) is 0 Å². The van der Waals surface area contributed by atoms with E-state index in [2.05, 4.69) is 10.6 Å². The first-order valence-electron chi connectivity index (χ1n) is 9.04. The quantitative estimate of drug-likeness (QED) is 0.678. The van der Waals surface area contributed by atoms with Crippen LogP contribution in [0, 0.1) is 0 Å². The van der Waals surface area contributed by atoms with Crippen LogP contribution >= 0.6 is 0 Å².